The smallest absolute Gasteiger partial charge is 0.231 e. The molecule has 0 aliphatic carbocycles. The van der Waals surface area contributed by atoms with Crippen molar-refractivity contribution in [1.82, 2.24) is 9.80 Å². The molecule has 0 bridgehead atoms. The highest BCUT2D eigenvalue weighted by Gasteiger charge is 2.33. The van der Waals surface area contributed by atoms with Crippen LogP contribution >= 0.6 is 0 Å². The van der Waals surface area contributed by atoms with Crippen LogP contribution in [0, 0.1) is 0 Å². The first-order valence-electron chi connectivity index (χ1n) is 11.4. The molecule has 4 aliphatic rings. The Morgan fingerprint density at radius 1 is 0.909 bits per heavy atom. The zero-order valence-corrected chi connectivity index (χ0v) is 18.4. The van der Waals surface area contributed by atoms with Crippen LogP contribution in [-0.4, -0.2) is 68.5 Å². The third-order valence-electron chi connectivity index (χ3n) is 6.43. The Balaban J connectivity index is 1.16. The third kappa shape index (κ3) is 4.06. The molecule has 2 aromatic carbocycles. The molecule has 0 radical (unpaired) electrons. The summed E-state index contributed by atoms with van der Waals surface area (Å²) in [6, 6.07) is 9.25. The maximum Gasteiger partial charge on any atom is 0.231 e. The van der Waals surface area contributed by atoms with E-state index in [4.69, 9.17) is 23.7 Å². The lowest BCUT2D eigenvalue weighted by molar-refractivity contribution is 0.0329. The summed E-state index contributed by atoms with van der Waals surface area (Å²) in [7, 11) is 0. The van der Waals surface area contributed by atoms with E-state index in [1.165, 1.54) is 0 Å². The summed E-state index contributed by atoms with van der Waals surface area (Å²) in [4.78, 5) is 17.7. The second-order valence-electron chi connectivity index (χ2n) is 8.60. The van der Waals surface area contributed by atoms with Crippen molar-refractivity contribution in [3.8, 4) is 23.0 Å². The molecule has 1 saturated heterocycles. The molecule has 2 aromatic rings. The SMILES string of the molecule is O=C1/C(=C/c2ccc3c(c2)OCO3)Oc2c1ccc1c2CN(CCCN2CCOCC2)CO1. The highest BCUT2D eigenvalue weighted by molar-refractivity contribution is 6.15. The monoisotopic (exact) mass is 450 g/mol. The van der Waals surface area contributed by atoms with Gasteiger partial charge in [-0.3, -0.25) is 14.6 Å². The average Bonchev–Trinajstić information content (AvgIpc) is 3.44. The molecule has 0 unspecified atom stereocenters. The van der Waals surface area contributed by atoms with Gasteiger partial charge < -0.3 is 23.7 Å². The van der Waals surface area contributed by atoms with Crippen LogP contribution in [0.25, 0.3) is 6.08 Å². The minimum absolute atomic E-state index is 0.116. The van der Waals surface area contributed by atoms with Gasteiger partial charge in [-0.2, -0.15) is 0 Å². The molecule has 0 aromatic heterocycles. The highest BCUT2D eigenvalue weighted by Crippen LogP contribution is 2.42. The second kappa shape index (κ2) is 8.70. The summed E-state index contributed by atoms with van der Waals surface area (Å²) < 4.78 is 28.3. The van der Waals surface area contributed by atoms with Gasteiger partial charge in [0, 0.05) is 26.2 Å². The first-order valence-corrected chi connectivity index (χ1v) is 11.4. The maximum atomic E-state index is 13.0. The number of ether oxygens (including phenoxy) is 5. The fraction of sp³-hybridized carbons (Fsp3) is 0.400. The van der Waals surface area contributed by atoms with E-state index in [1.807, 2.05) is 24.3 Å². The van der Waals surface area contributed by atoms with Crippen molar-refractivity contribution < 1.29 is 28.5 Å². The lowest BCUT2D eigenvalue weighted by atomic mass is 10.0. The summed E-state index contributed by atoms with van der Waals surface area (Å²) in [5.41, 5.74) is 2.34. The largest absolute Gasteiger partial charge is 0.478 e. The second-order valence-corrected chi connectivity index (χ2v) is 8.60. The van der Waals surface area contributed by atoms with E-state index in [1.54, 1.807) is 12.1 Å². The topological polar surface area (TPSA) is 69.7 Å². The fourth-order valence-corrected chi connectivity index (χ4v) is 4.64. The van der Waals surface area contributed by atoms with E-state index >= 15 is 0 Å². The number of hydrogen-bond acceptors (Lipinski definition) is 8. The Bertz CT molecular complexity index is 1110. The lowest BCUT2D eigenvalue weighted by Crippen LogP contribution is -2.39. The first-order chi connectivity index (χ1) is 16.2. The van der Waals surface area contributed by atoms with Crippen LogP contribution in [0.1, 0.15) is 27.9 Å². The first kappa shape index (κ1) is 20.5. The average molecular weight is 450 g/mol. The molecule has 0 amide bonds. The molecule has 4 aliphatic heterocycles. The molecular formula is C25H26N2O6. The van der Waals surface area contributed by atoms with E-state index in [0.29, 0.717) is 41.8 Å². The number of hydrogen-bond donors (Lipinski definition) is 0. The molecule has 172 valence electrons. The summed E-state index contributed by atoms with van der Waals surface area (Å²) in [6.45, 7) is 7.08. The van der Waals surface area contributed by atoms with Gasteiger partial charge >= 0.3 is 0 Å². The molecule has 8 nitrogen and oxygen atoms in total. The Hall–Kier alpha value is -3.07. The number of allylic oxidation sites excluding steroid dienone is 1. The molecule has 0 saturated carbocycles. The minimum Gasteiger partial charge on any atom is -0.478 e. The summed E-state index contributed by atoms with van der Waals surface area (Å²) in [6.07, 6.45) is 2.81. The van der Waals surface area contributed by atoms with Crippen LogP contribution in [0.3, 0.4) is 0 Å². The molecule has 0 N–H and O–H groups in total. The van der Waals surface area contributed by atoms with Gasteiger partial charge in [0.2, 0.25) is 12.6 Å². The van der Waals surface area contributed by atoms with Gasteiger partial charge in [-0.05, 0) is 48.9 Å². The summed E-state index contributed by atoms with van der Waals surface area (Å²) in [5.74, 6) is 2.97. The lowest BCUT2D eigenvalue weighted by Gasteiger charge is -2.31. The number of carbonyl (C=O) groups is 1. The summed E-state index contributed by atoms with van der Waals surface area (Å²) >= 11 is 0. The van der Waals surface area contributed by atoms with Crippen molar-refractivity contribution >= 4 is 11.9 Å². The molecular weight excluding hydrogens is 424 g/mol. The van der Waals surface area contributed by atoms with Crippen LogP contribution in [0.15, 0.2) is 36.1 Å². The quantitative estimate of drug-likeness (QED) is 0.645. The molecule has 1 fully saturated rings. The van der Waals surface area contributed by atoms with Gasteiger partial charge in [0.25, 0.3) is 0 Å². The van der Waals surface area contributed by atoms with Gasteiger partial charge in [-0.1, -0.05) is 6.07 Å². The number of Topliss-reactive ketones (excluding diaryl/α,β-unsaturated/α-hetero) is 1. The van der Waals surface area contributed by atoms with Crippen LogP contribution < -0.4 is 18.9 Å². The van der Waals surface area contributed by atoms with E-state index < -0.39 is 0 Å². The van der Waals surface area contributed by atoms with Crippen molar-refractivity contribution in [3.05, 3.63) is 52.8 Å². The van der Waals surface area contributed by atoms with Crippen LogP contribution in [0.2, 0.25) is 0 Å². The van der Waals surface area contributed by atoms with Crippen LogP contribution in [0.5, 0.6) is 23.0 Å². The summed E-state index contributed by atoms with van der Waals surface area (Å²) in [5, 5.41) is 0. The number of fused-ring (bicyclic) bond motifs is 4. The van der Waals surface area contributed by atoms with Crippen molar-refractivity contribution in [1.29, 1.82) is 0 Å². The van der Waals surface area contributed by atoms with Gasteiger partial charge in [0.15, 0.2) is 17.3 Å². The van der Waals surface area contributed by atoms with E-state index in [9.17, 15) is 4.79 Å². The van der Waals surface area contributed by atoms with Crippen LogP contribution in [-0.2, 0) is 11.3 Å². The predicted molar refractivity (Wildman–Crippen MR) is 120 cm³/mol. The number of ketones is 1. The third-order valence-corrected chi connectivity index (χ3v) is 6.43. The number of morpholine rings is 1. The number of rotatable bonds is 5. The number of benzene rings is 2. The molecule has 33 heavy (non-hydrogen) atoms. The Morgan fingerprint density at radius 3 is 2.64 bits per heavy atom. The van der Waals surface area contributed by atoms with Crippen molar-refractivity contribution in [2.75, 3.05) is 52.9 Å². The Labute approximate surface area is 192 Å². The fourth-order valence-electron chi connectivity index (χ4n) is 4.64. The van der Waals surface area contributed by atoms with Gasteiger partial charge in [-0.25, -0.2) is 0 Å². The minimum atomic E-state index is -0.116. The van der Waals surface area contributed by atoms with Gasteiger partial charge in [0.05, 0.1) is 24.3 Å². The van der Waals surface area contributed by atoms with E-state index in [0.717, 1.165) is 62.7 Å². The zero-order valence-electron chi connectivity index (χ0n) is 18.4. The van der Waals surface area contributed by atoms with E-state index in [2.05, 4.69) is 9.80 Å². The van der Waals surface area contributed by atoms with Crippen LogP contribution in [0.4, 0.5) is 0 Å². The number of nitrogens with zero attached hydrogens (tertiary/aromatic N) is 2. The molecule has 4 heterocycles. The predicted octanol–water partition coefficient (Wildman–Crippen LogP) is 2.91. The molecule has 0 atom stereocenters. The van der Waals surface area contributed by atoms with E-state index in [-0.39, 0.29) is 12.6 Å². The number of carbonyl (C=O) groups excluding carboxylic acids is 1. The molecule has 8 heteroatoms. The standard InChI is InChI=1S/C25H26N2O6/c28-24-18-3-5-20-19(14-27(15-30-20)7-1-6-26-8-10-29-11-9-26)25(18)33-23(24)13-17-2-4-21-22(12-17)32-16-31-21/h2-5,12-13H,1,6-11,14-16H2/b23-13-. The Morgan fingerprint density at radius 2 is 1.73 bits per heavy atom. The molecule has 0 spiro atoms. The normalized spacial score (nSPS) is 21.0. The Kier molecular flexibility index (Phi) is 5.41. The maximum absolute atomic E-state index is 13.0. The van der Waals surface area contributed by atoms with Crippen molar-refractivity contribution in [2.24, 2.45) is 0 Å². The van der Waals surface area contributed by atoms with Crippen molar-refractivity contribution in [2.45, 2.75) is 13.0 Å². The van der Waals surface area contributed by atoms with Gasteiger partial charge in [0.1, 0.15) is 18.2 Å². The highest BCUT2D eigenvalue weighted by atomic mass is 16.7. The zero-order chi connectivity index (χ0) is 22.2. The molecule has 6 rings (SSSR count). The van der Waals surface area contributed by atoms with Crippen molar-refractivity contribution in [3.63, 3.8) is 0 Å². The van der Waals surface area contributed by atoms with Gasteiger partial charge in [-0.15, -0.1) is 0 Å².